The molecule has 24 heteroatoms. The first-order valence-corrected chi connectivity index (χ1v) is 31.5. The zero-order valence-corrected chi connectivity index (χ0v) is 53.1. The Balaban J connectivity index is 1.05. The summed E-state index contributed by atoms with van der Waals surface area (Å²) in [4.78, 5) is 109. The molecule has 2 aromatic carbocycles. The number of carbonyl (C=O) groups is 8. The van der Waals surface area contributed by atoms with E-state index in [0.29, 0.717) is 62.3 Å². The van der Waals surface area contributed by atoms with Crippen molar-refractivity contribution in [2.24, 2.45) is 11.0 Å². The number of nitrogens with zero attached hydrogens (tertiary/aromatic N) is 4. The van der Waals surface area contributed by atoms with E-state index in [-0.39, 0.29) is 59.2 Å². The minimum atomic E-state index is -2.19. The summed E-state index contributed by atoms with van der Waals surface area (Å²) in [6.45, 7) is 14.6. The van der Waals surface area contributed by atoms with E-state index >= 15 is 0 Å². The van der Waals surface area contributed by atoms with Gasteiger partial charge in [-0.1, -0.05) is 83.0 Å². The molecule has 0 radical (unpaired) electrons. The monoisotopic (exact) mass is 1250 g/mol. The van der Waals surface area contributed by atoms with Gasteiger partial charge in [-0.2, -0.15) is 5.10 Å². The van der Waals surface area contributed by atoms with Gasteiger partial charge in [-0.3, -0.25) is 39.0 Å². The predicted octanol–water partition coefficient (Wildman–Crippen LogP) is 8.28. The van der Waals surface area contributed by atoms with Crippen molar-refractivity contribution in [2.45, 2.75) is 165 Å². The third-order valence-corrected chi connectivity index (χ3v) is 19.6. The Morgan fingerprint density at radius 3 is 2.43 bits per heavy atom. The Labute approximate surface area is 516 Å². The number of nitrogens with one attached hydrogen (secondary N) is 3. The Hall–Kier alpha value is -6.50. The number of fused-ring (bicyclic) bond motifs is 5. The number of methoxy groups -OCH3 is 2. The summed E-state index contributed by atoms with van der Waals surface area (Å²) in [6.07, 6.45) is 7.99. The first kappa shape index (κ1) is 68.6. The summed E-state index contributed by atoms with van der Waals surface area (Å²) >= 11 is 6.82. The zero-order chi connectivity index (χ0) is 63.3. The number of alkyl carbamates (subject to hydrolysis) is 1. The highest BCUT2D eigenvalue weighted by Crippen LogP contribution is 2.41. The Kier molecular flexibility index (Phi) is 24.3. The number of hydrogen-bond donors (Lipinski definition) is 5. The van der Waals surface area contributed by atoms with Gasteiger partial charge in [-0.15, -0.1) is 0 Å². The SMILES string of the molecule is C=C1[C@H](C)[C@@H]2C[C@@](O)(NC(=O)O2)[C@H](OC)/C=C/C=C(\C)Cc2cc(OC)c(Cl)c(c2)N(C)C(=O)C[C@H](OC(=O)[C@H](C)N(C)C(=O)CCSSC(C)(C)CC(=O)N/N=C2/CCCCc3cc(NC(=O)CCCCCN4C(=O)C=CC4=O)ccc32)[C@]1(C)O. The highest BCUT2D eigenvalue weighted by molar-refractivity contribution is 8.77. The molecule has 7 atom stereocenters. The van der Waals surface area contributed by atoms with Crippen LogP contribution >= 0.6 is 33.2 Å². The number of esters is 1. The molecule has 7 amide bonds. The third-order valence-electron chi connectivity index (χ3n) is 15.9. The molecule has 4 aliphatic rings. The Morgan fingerprint density at radius 2 is 1.73 bits per heavy atom. The number of ether oxygens (including phenoxy) is 4. The molecule has 0 saturated carbocycles. The smallest absolute Gasteiger partial charge is 0.409 e. The minimum absolute atomic E-state index is 0.00917. The molecule has 1 saturated heterocycles. The van der Waals surface area contributed by atoms with Gasteiger partial charge in [0.1, 0.15) is 40.7 Å². The van der Waals surface area contributed by atoms with E-state index in [1.807, 2.05) is 45.0 Å². The molecule has 5 N–H and O–H groups in total. The molecule has 0 unspecified atom stereocenters. The second-order valence-electron chi connectivity index (χ2n) is 23.1. The highest BCUT2D eigenvalue weighted by Gasteiger charge is 2.50. The number of rotatable bonds is 20. The molecule has 1 aliphatic carbocycles. The molecule has 3 aliphatic heterocycles. The van der Waals surface area contributed by atoms with E-state index in [1.54, 1.807) is 31.2 Å². The molecule has 3 heterocycles. The number of hydrogen-bond acceptors (Lipinski definition) is 17. The van der Waals surface area contributed by atoms with Gasteiger partial charge in [-0.25, -0.2) is 15.0 Å². The van der Waals surface area contributed by atoms with Gasteiger partial charge in [0.2, 0.25) is 23.6 Å². The number of likely N-dealkylation sites (N-methyl/N-ethyl adjacent to an activating group) is 1. The van der Waals surface area contributed by atoms with Gasteiger partial charge in [0.05, 0.1) is 24.9 Å². The van der Waals surface area contributed by atoms with Crippen LogP contribution < -0.4 is 25.7 Å². The van der Waals surface area contributed by atoms with Crippen LogP contribution in [0.15, 0.2) is 83.5 Å². The quantitative estimate of drug-likeness (QED) is 0.0159. The lowest BCUT2D eigenvalue weighted by molar-refractivity contribution is -0.170. The molecule has 4 bridgehead atoms. The number of allylic oxidation sites excluding steroid dienone is 3. The Morgan fingerprint density at radius 1 is 1.02 bits per heavy atom. The highest BCUT2D eigenvalue weighted by atomic mass is 35.5. The summed E-state index contributed by atoms with van der Waals surface area (Å²) in [5.74, 6) is -3.30. The number of hydrazone groups is 1. The molecule has 86 heavy (non-hydrogen) atoms. The van der Waals surface area contributed by atoms with E-state index < -0.39 is 76.6 Å². The maximum Gasteiger partial charge on any atom is 0.409 e. The molecule has 468 valence electrons. The van der Waals surface area contributed by atoms with E-state index in [4.69, 9.17) is 30.5 Å². The number of benzene rings is 2. The molecule has 0 spiro atoms. The van der Waals surface area contributed by atoms with Crippen LogP contribution in [0.4, 0.5) is 16.2 Å². The van der Waals surface area contributed by atoms with Crippen LogP contribution in [-0.2, 0) is 60.6 Å². The molecule has 21 nitrogen and oxygen atoms in total. The number of carbonyl (C=O) groups excluding carboxylic acids is 8. The van der Waals surface area contributed by atoms with Crippen LogP contribution in [-0.4, -0.2) is 154 Å². The number of anilines is 2. The second-order valence-corrected chi connectivity index (χ2v) is 26.6. The van der Waals surface area contributed by atoms with Crippen molar-refractivity contribution in [3.8, 4) is 5.75 Å². The van der Waals surface area contributed by atoms with Crippen molar-refractivity contribution < 1.29 is 67.5 Å². The predicted molar refractivity (Wildman–Crippen MR) is 332 cm³/mol. The van der Waals surface area contributed by atoms with Gasteiger partial charge in [0.25, 0.3) is 11.8 Å². The molecule has 2 aromatic rings. The van der Waals surface area contributed by atoms with Crippen LogP contribution in [0.2, 0.25) is 5.02 Å². The van der Waals surface area contributed by atoms with Crippen molar-refractivity contribution in [3.63, 3.8) is 0 Å². The standard InChI is InChI=1S/C62H82ClN7O14S2/c1-37-18-17-21-49(82-11)62(80)35-48(83-59(78)65-62)38(2)39(3)61(7,79)50(34-56(76)69(9)46-31-41(30-37)32-47(81-10)57(46)63)84-58(77)40(4)68(8)53(73)27-29-85-86-60(5,6)36-52(72)67-66-45-20-15-14-19-42-33-43(23-24-44(42)45)64-51(71)22-13-12-16-28-70-54(74)25-26-55(70)75/h17-18,21,23-26,31-33,38,40,48-50,79-80H,3,12-16,19-20,22,27-30,34-36H2,1-2,4-11H3,(H,64,71)(H,65,78)(H,67,72)/b21-17+,37-18+,66-45-/t38-,40-,48-,49+,50-,61+,62-/m0/s1. The van der Waals surface area contributed by atoms with Crippen LogP contribution in [0.1, 0.15) is 129 Å². The summed E-state index contributed by atoms with van der Waals surface area (Å²) in [6, 6.07) is 7.94. The fourth-order valence-electron chi connectivity index (χ4n) is 10.5. The molecular formula is C62H82ClN7O14S2. The Bertz CT molecular complexity index is 3020. The largest absolute Gasteiger partial charge is 0.495 e. The third kappa shape index (κ3) is 18.1. The maximum absolute atomic E-state index is 14.4. The van der Waals surface area contributed by atoms with Crippen molar-refractivity contribution in [1.29, 1.82) is 0 Å². The lowest BCUT2D eigenvalue weighted by Crippen LogP contribution is -2.63. The van der Waals surface area contributed by atoms with Crippen molar-refractivity contribution in [3.05, 3.63) is 100 Å². The van der Waals surface area contributed by atoms with Gasteiger partial charge < -0.3 is 44.3 Å². The minimum Gasteiger partial charge on any atom is -0.495 e. The summed E-state index contributed by atoms with van der Waals surface area (Å²) in [5.41, 5.74) is 3.79. The van der Waals surface area contributed by atoms with E-state index in [2.05, 4.69) is 27.7 Å². The van der Waals surface area contributed by atoms with E-state index in [0.717, 1.165) is 47.2 Å². The normalized spacial score (nSPS) is 24.8. The molecule has 6 rings (SSSR count). The van der Waals surface area contributed by atoms with Crippen molar-refractivity contribution in [1.82, 2.24) is 20.5 Å². The first-order valence-electron chi connectivity index (χ1n) is 28.8. The summed E-state index contributed by atoms with van der Waals surface area (Å²) in [7, 11) is 8.59. The number of aryl methyl sites for hydroxylation is 1. The van der Waals surface area contributed by atoms with E-state index in [9.17, 15) is 48.6 Å². The number of halogens is 1. The van der Waals surface area contributed by atoms with Crippen molar-refractivity contribution in [2.75, 3.05) is 50.8 Å². The van der Waals surface area contributed by atoms with Gasteiger partial charge in [0, 0.05) is 93.3 Å². The fourth-order valence-corrected chi connectivity index (χ4v) is 13.3. The zero-order valence-electron chi connectivity index (χ0n) is 50.8. The van der Waals surface area contributed by atoms with Crippen molar-refractivity contribution >= 4 is 97.8 Å². The lowest BCUT2D eigenvalue weighted by atomic mass is 9.77. The average molecular weight is 1250 g/mol. The topological polar surface area (TPSA) is 272 Å². The van der Waals surface area contributed by atoms with E-state index in [1.165, 1.54) is 90.6 Å². The summed E-state index contributed by atoms with van der Waals surface area (Å²) in [5, 5.41) is 34.5. The average Bonchev–Trinajstić information content (AvgIpc) is 1.06. The lowest BCUT2D eigenvalue weighted by Gasteiger charge is -2.44. The first-order chi connectivity index (χ1) is 40.6. The molecule has 0 aromatic heterocycles. The number of amides is 7. The maximum atomic E-state index is 14.4. The van der Waals surface area contributed by atoms with Crippen LogP contribution in [0.5, 0.6) is 5.75 Å². The number of imide groups is 1. The molecule has 1 fully saturated rings. The van der Waals surface area contributed by atoms with Crippen LogP contribution in [0, 0.1) is 5.92 Å². The number of unbranched alkanes of at least 4 members (excludes halogenated alkanes) is 2. The fraction of sp³-hybridized carbons (Fsp3) is 0.532. The van der Waals surface area contributed by atoms with Gasteiger partial charge in [-0.05, 0) is 121 Å². The van der Waals surface area contributed by atoms with Gasteiger partial charge in [0.15, 0.2) is 5.72 Å². The van der Waals surface area contributed by atoms with Crippen LogP contribution in [0.3, 0.4) is 0 Å². The number of aliphatic hydroxyl groups is 2. The van der Waals surface area contributed by atoms with Crippen LogP contribution in [0.25, 0.3) is 0 Å². The molecular weight excluding hydrogens is 1170 g/mol. The second kappa shape index (κ2) is 30.4. The summed E-state index contributed by atoms with van der Waals surface area (Å²) < 4.78 is 22.4. The van der Waals surface area contributed by atoms with Gasteiger partial charge >= 0.3 is 12.1 Å².